The normalized spacial score (nSPS) is 56.1. The number of hydrogen-bond donors (Lipinski definition) is 7. The molecule has 7 N–H and O–H groups in total. The molecule has 0 amide bonds. The molecule has 0 aromatic heterocycles. The van der Waals surface area contributed by atoms with E-state index < -0.39 is 71.6 Å². The first-order valence-electron chi connectivity index (χ1n) is 14.8. The van der Waals surface area contributed by atoms with Crippen molar-refractivity contribution in [3.63, 3.8) is 0 Å². The Hall–Kier alpha value is -1.15. The molecule has 0 aromatic carbocycles. The number of carbonyl (C=O) groups excluding carboxylic acids is 1. The molecule has 6 rings (SSSR count). The van der Waals surface area contributed by atoms with E-state index >= 15 is 0 Å². The third-order valence-electron chi connectivity index (χ3n) is 12.2. The summed E-state index contributed by atoms with van der Waals surface area (Å²) in [6.45, 7) is 3.44. The van der Waals surface area contributed by atoms with Gasteiger partial charge in [-0.15, -0.1) is 0 Å². The fourth-order valence-electron chi connectivity index (χ4n) is 10.0. The van der Waals surface area contributed by atoms with Crippen molar-refractivity contribution in [2.24, 2.45) is 28.6 Å². The molecule has 1 saturated heterocycles. The van der Waals surface area contributed by atoms with Gasteiger partial charge in [0.05, 0.1) is 41.5 Å². The Morgan fingerprint density at radius 2 is 1.73 bits per heavy atom. The van der Waals surface area contributed by atoms with Gasteiger partial charge in [-0.3, -0.25) is 0 Å². The van der Waals surface area contributed by atoms with Gasteiger partial charge in [0.25, 0.3) is 0 Å². The van der Waals surface area contributed by atoms with Crippen molar-refractivity contribution in [2.45, 2.75) is 119 Å². The summed E-state index contributed by atoms with van der Waals surface area (Å²) in [5.74, 6) is -0.940. The van der Waals surface area contributed by atoms with Crippen molar-refractivity contribution in [1.82, 2.24) is 0 Å². The topological polar surface area (TPSA) is 186 Å². The van der Waals surface area contributed by atoms with Crippen molar-refractivity contribution in [1.29, 1.82) is 0 Å². The number of carbonyl (C=O) groups is 1. The van der Waals surface area contributed by atoms with Gasteiger partial charge in [0, 0.05) is 24.3 Å². The quantitative estimate of drug-likeness (QED) is 0.171. The Kier molecular flexibility index (Phi) is 7.01. The van der Waals surface area contributed by atoms with Crippen LogP contribution in [-0.2, 0) is 19.0 Å². The second kappa shape index (κ2) is 9.68. The Morgan fingerprint density at radius 3 is 2.40 bits per heavy atom. The predicted octanol–water partition coefficient (Wildman–Crippen LogP) is -0.486. The maximum absolute atomic E-state index is 12.4. The van der Waals surface area contributed by atoms with Crippen LogP contribution in [0.3, 0.4) is 0 Å². The van der Waals surface area contributed by atoms with Crippen molar-refractivity contribution in [2.75, 3.05) is 13.2 Å². The summed E-state index contributed by atoms with van der Waals surface area (Å²) in [5, 5.41) is 77.8. The molecule has 3 unspecified atom stereocenters. The summed E-state index contributed by atoms with van der Waals surface area (Å²) >= 11 is 0. The van der Waals surface area contributed by atoms with Crippen LogP contribution in [0.1, 0.15) is 65.2 Å². The largest absolute Gasteiger partial charge is 0.458 e. The molecule has 40 heavy (non-hydrogen) atoms. The molecule has 2 heterocycles. The van der Waals surface area contributed by atoms with Crippen molar-refractivity contribution < 1.29 is 54.8 Å². The van der Waals surface area contributed by atoms with Gasteiger partial charge in [-0.05, 0) is 68.8 Å². The van der Waals surface area contributed by atoms with Gasteiger partial charge in [-0.25, -0.2) is 4.79 Å². The number of aliphatic hydroxyl groups excluding tert-OH is 5. The monoisotopic (exact) mass is 568 g/mol. The third kappa shape index (κ3) is 3.79. The van der Waals surface area contributed by atoms with Crippen LogP contribution in [0.15, 0.2) is 11.6 Å². The Balaban J connectivity index is 1.25. The molecule has 14 atom stereocenters. The maximum Gasteiger partial charge on any atom is 0.331 e. The molecule has 0 aromatic rings. The highest BCUT2D eigenvalue weighted by molar-refractivity contribution is 5.85. The van der Waals surface area contributed by atoms with Gasteiger partial charge < -0.3 is 50.0 Å². The summed E-state index contributed by atoms with van der Waals surface area (Å²) in [4.78, 5) is 11.8. The molecular formula is C29H44O11. The zero-order valence-electron chi connectivity index (χ0n) is 23.2. The number of fused-ring (bicyclic) bond motifs is 5. The minimum Gasteiger partial charge on any atom is -0.458 e. The van der Waals surface area contributed by atoms with Crippen LogP contribution in [0.4, 0.5) is 0 Å². The predicted molar refractivity (Wildman–Crippen MR) is 137 cm³/mol. The van der Waals surface area contributed by atoms with Gasteiger partial charge in [0.2, 0.25) is 0 Å². The highest BCUT2D eigenvalue weighted by Crippen LogP contribution is 2.70. The Labute approximate surface area is 233 Å². The van der Waals surface area contributed by atoms with Crippen LogP contribution in [0.5, 0.6) is 0 Å². The number of hydrogen-bond acceptors (Lipinski definition) is 11. The molecule has 2 aliphatic heterocycles. The summed E-state index contributed by atoms with van der Waals surface area (Å²) in [5.41, 5.74) is -3.43. The number of rotatable bonds is 4. The van der Waals surface area contributed by atoms with Crippen LogP contribution in [0.25, 0.3) is 0 Å². The molecule has 5 fully saturated rings. The molecule has 4 aliphatic carbocycles. The fraction of sp³-hybridized carbons (Fsp3) is 0.897. The maximum atomic E-state index is 12.4. The molecule has 226 valence electrons. The number of aliphatic hydroxyl groups is 7. The molecule has 6 aliphatic rings. The van der Waals surface area contributed by atoms with Crippen LogP contribution in [-0.4, -0.2) is 109 Å². The second-order valence-corrected chi connectivity index (χ2v) is 13.7. The second-order valence-electron chi connectivity index (χ2n) is 13.7. The Morgan fingerprint density at radius 1 is 1.00 bits per heavy atom. The van der Waals surface area contributed by atoms with Crippen LogP contribution >= 0.6 is 0 Å². The summed E-state index contributed by atoms with van der Waals surface area (Å²) in [6, 6.07) is 0. The molecule has 0 radical (unpaired) electrons. The first-order valence-corrected chi connectivity index (χ1v) is 14.8. The smallest absolute Gasteiger partial charge is 0.331 e. The standard InChI is InChI=1S/C29H44O11/c1-14-22(33)23(34)24(35)25(39-14)40-16-10-20(31)28(13-30)18-3-6-26(2)17(15-9-21(32)38-12-15)5-8-29(26,37)19(18)4-7-27(28,36)11-16/h9,14,16-20,22-25,30-31,33-37H,3-8,10-13H2,1-2H3/t14-,16-,17+,18?,19?,20+,22-,23+,24+,25?,26+,27-,28-,29-/m0/s1. The van der Waals surface area contributed by atoms with E-state index in [2.05, 4.69) is 6.92 Å². The Bertz CT molecular complexity index is 1050. The summed E-state index contributed by atoms with van der Waals surface area (Å²) in [7, 11) is 0. The third-order valence-corrected chi connectivity index (χ3v) is 12.2. The molecule has 4 saturated carbocycles. The van der Waals surface area contributed by atoms with Gasteiger partial charge in [-0.1, -0.05) is 6.92 Å². The lowest BCUT2D eigenvalue weighted by molar-refractivity contribution is -0.334. The van der Waals surface area contributed by atoms with Crippen molar-refractivity contribution in [3.05, 3.63) is 11.6 Å². The van der Waals surface area contributed by atoms with Crippen LogP contribution in [0, 0.1) is 28.6 Å². The van der Waals surface area contributed by atoms with E-state index in [-0.39, 0.29) is 49.6 Å². The van der Waals surface area contributed by atoms with E-state index in [1.54, 1.807) is 13.0 Å². The zero-order valence-corrected chi connectivity index (χ0v) is 23.2. The average Bonchev–Trinajstić information content (AvgIpc) is 3.45. The highest BCUT2D eigenvalue weighted by Gasteiger charge is 2.73. The molecular weight excluding hydrogens is 524 g/mol. The lowest BCUT2D eigenvalue weighted by Gasteiger charge is -2.67. The van der Waals surface area contributed by atoms with Crippen LogP contribution in [0.2, 0.25) is 0 Å². The van der Waals surface area contributed by atoms with Crippen LogP contribution < -0.4 is 0 Å². The number of cyclic esters (lactones) is 1. The van der Waals surface area contributed by atoms with Crippen molar-refractivity contribution >= 4 is 5.97 Å². The number of esters is 1. The average molecular weight is 569 g/mol. The minimum atomic E-state index is -1.51. The summed E-state index contributed by atoms with van der Waals surface area (Å²) in [6.07, 6.45) is -3.26. The molecule has 11 heteroatoms. The lowest BCUT2D eigenvalue weighted by Crippen LogP contribution is -2.73. The van der Waals surface area contributed by atoms with E-state index in [0.717, 1.165) is 12.0 Å². The van der Waals surface area contributed by atoms with Gasteiger partial charge >= 0.3 is 5.97 Å². The van der Waals surface area contributed by atoms with E-state index in [9.17, 15) is 40.5 Å². The first-order chi connectivity index (χ1) is 18.8. The van der Waals surface area contributed by atoms with E-state index in [1.165, 1.54) is 0 Å². The minimum absolute atomic E-state index is 0.00280. The first kappa shape index (κ1) is 28.9. The lowest BCUT2D eigenvalue weighted by atomic mass is 9.41. The highest BCUT2D eigenvalue weighted by atomic mass is 16.7. The fourth-order valence-corrected chi connectivity index (χ4v) is 10.0. The van der Waals surface area contributed by atoms with Gasteiger partial charge in [0.15, 0.2) is 6.29 Å². The van der Waals surface area contributed by atoms with Gasteiger partial charge in [0.1, 0.15) is 24.9 Å². The SMILES string of the molecule is C[C@@H]1OC(O[C@H]2C[C@@H](O)[C@]3(CO)C4CC[C@]5(C)[C@@H](C6=CC(=O)OC6)CC[C@]5(O)C4CC[C@]3(O)C2)[C@H](O)[C@H](O)[C@H]1O. The summed E-state index contributed by atoms with van der Waals surface area (Å²) < 4.78 is 16.8. The zero-order chi connectivity index (χ0) is 28.8. The van der Waals surface area contributed by atoms with E-state index in [0.29, 0.717) is 25.7 Å². The molecule has 11 nitrogen and oxygen atoms in total. The van der Waals surface area contributed by atoms with Crippen molar-refractivity contribution in [3.8, 4) is 0 Å². The van der Waals surface area contributed by atoms with E-state index in [4.69, 9.17) is 14.2 Å². The van der Waals surface area contributed by atoms with E-state index in [1.807, 2.05) is 0 Å². The molecule has 0 bridgehead atoms. The number of ether oxygens (including phenoxy) is 3. The molecule has 0 spiro atoms. The van der Waals surface area contributed by atoms with Gasteiger partial charge in [-0.2, -0.15) is 0 Å².